The lowest BCUT2D eigenvalue weighted by Gasteiger charge is -2.51. The van der Waals surface area contributed by atoms with E-state index < -0.39 is 0 Å². The van der Waals surface area contributed by atoms with Gasteiger partial charge in [0.15, 0.2) is 0 Å². The molecule has 0 radical (unpaired) electrons. The summed E-state index contributed by atoms with van der Waals surface area (Å²) in [5.74, 6) is 0.484. The van der Waals surface area contributed by atoms with Crippen LogP contribution in [-0.2, 0) is 0 Å². The number of aliphatic hydroxyl groups excluding tert-OH is 1. The third-order valence-electron chi connectivity index (χ3n) is 4.72. The van der Waals surface area contributed by atoms with Gasteiger partial charge in [0, 0.05) is 19.6 Å². The van der Waals surface area contributed by atoms with Crippen LogP contribution in [0.4, 0.5) is 0 Å². The number of aliphatic hydroxyl groups is 1. The predicted molar refractivity (Wildman–Crippen MR) is 78.8 cm³/mol. The van der Waals surface area contributed by atoms with Crippen molar-refractivity contribution in [2.45, 2.75) is 72.3 Å². The Morgan fingerprint density at radius 3 is 1.89 bits per heavy atom. The quantitative estimate of drug-likeness (QED) is 0.679. The third kappa shape index (κ3) is 3.96. The minimum atomic E-state index is -0.124. The standard InChI is InChI=1S/C16H33NO/c1-5-9-16(10-6-2)12-17(13-16)11-15(18)14(7-3)8-4/h14-15,18H,5-13H2,1-4H3. The zero-order valence-corrected chi connectivity index (χ0v) is 12.9. The molecule has 1 unspecified atom stereocenters. The molecule has 0 bridgehead atoms. The van der Waals surface area contributed by atoms with Crippen LogP contribution < -0.4 is 0 Å². The topological polar surface area (TPSA) is 23.5 Å². The zero-order valence-electron chi connectivity index (χ0n) is 12.9. The molecule has 1 heterocycles. The first-order chi connectivity index (χ1) is 8.60. The number of hydrogen-bond donors (Lipinski definition) is 1. The normalized spacial score (nSPS) is 21.0. The molecule has 0 aliphatic carbocycles. The molecule has 0 aromatic rings. The average Bonchev–Trinajstić information content (AvgIpc) is 2.29. The molecule has 0 aromatic carbocycles. The van der Waals surface area contributed by atoms with E-state index in [1.165, 1.54) is 38.8 Å². The first-order valence-electron chi connectivity index (χ1n) is 8.01. The van der Waals surface area contributed by atoms with Gasteiger partial charge in [-0.25, -0.2) is 0 Å². The van der Waals surface area contributed by atoms with Crippen molar-refractivity contribution < 1.29 is 5.11 Å². The molecule has 108 valence electrons. The van der Waals surface area contributed by atoms with E-state index in [9.17, 15) is 5.11 Å². The fourth-order valence-electron chi connectivity index (χ4n) is 3.78. The lowest BCUT2D eigenvalue weighted by molar-refractivity contribution is -0.0502. The third-order valence-corrected chi connectivity index (χ3v) is 4.72. The van der Waals surface area contributed by atoms with Crippen molar-refractivity contribution in [1.29, 1.82) is 0 Å². The Balaban J connectivity index is 2.36. The lowest BCUT2D eigenvalue weighted by atomic mass is 9.72. The number of hydrogen-bond acceptors (Lipinski definition) is 2. The van der Waals surface area contributed by atoms with Gasteiger partial charge in [0.25, 0.3) is 0 Å². The zero-order chi connectivity index (χ0) is 13.6. The Bertz CT molecular complexity index is 208. The number of nitrogens with zero attached hydrogens (tertiary/aromatic N) is 1. The van der Waals surface area contributed by atoms with E-state index in [-0.39, 0.29) is 6.10 Å². The van der Waals surface area contributed by atoms with Crippen molar-refractivity contribution in [2.24, 2.45) is 11.3 Å². The van der Waals surface area contributed by atoms with Crippen LogP contribution in [0.3, 0.4) is 0 Å². The Hall–Kier alpha value is -0.0800. The van der Waals surface area contributed by atoms with E-state index in [0.29, 0.717) is 11.3 Å². The largest absolute Gasteiger partial charge is 0.392 e. The lowest BCUT2D eigenvalue weighted by Crippen LogP contribution is -2.58. The van der Waals surface area contributed by atoms with E-state index in [4.69, 9.17) is 0 Å². The van der Waals surface area contributed by atoms with Gasteiger partial charge in [0.05, 0.1) is 6.10 Å². The van der Waals surface area contributed by atoms with E-state index in [1.54, 1.807) is 0 Å². The van der Waals surface area contributed by atoms with E-state index in [1.807, 2.05) is 0 Å². The number of likely N-dealkylation sites (tertiary alicyclic amines) is 1. The molecule has 1 rings (SSSR count). The molecular formula is C16H33NO. The molecular weight excluding hydrogens is 222 g/mol. The van der Waals surface area contributed by atoms with Crippen LogP contribution >= 0.6 is 0 Å². The van der Waals surface area contributed by atoms with Crippen molar-refractivity contribution in [1.82, 2.24) is 4.90 Å². The summed E-state index contributed by atoms with van der Waals surface area (Å²) in [5.41, 5.74) is 0.581. The molecule has 0 saturated carbocycles. The predicted octanol–water partition coefficient (Wildman–Crippen LogP) is 3.69. The molecule has 1 aliphatic heterocycles. The van der Waals surface area contributed by atoms with Gasteiger partial charge in [-0.3, -0.25) is 4.90 Å². The van der Waals surface area contributed by atoms with E-state index in [0.717, 1.165) is 19.4 Å². The smallest absolute Gasteiger partial charge is 0.0695 e. The second kappa shape index (κ2) is 7.49. The van der Waals surface area contributed by atoms with Gasteiger partial charge in [0.1, 0.15) is 0 Å². The van der Waals surface area contributed by atoms with Crippen molar-refractivity contribution in [3.8, 4) is 0 Å². The monoisotopic (exact) mass is 255 g/mol. The van der Waals surface area contributed by atoms with E-state index >= 15 is 0 Å². The maximum Gasteiger partial charge on any atom is 0.0695 e. The van der Waals surface area contributed by atoms with Gasteiger partial charge >= 0.3 is 0 Å². The van der Waals surface area contributed by atoms with Crippen LogP contribution in [0.1, 0.15) is 66.2 Å². The number of rotatable bonds is 9. The van der Waals surface area contributed by atoms with Crippen LogP contribution in [0, 0.1) is 11.3 Å². The van der Waals surface area contributed by atoms with Gasteiger partial charge < -0.3 is 5.11 Å². The molecule has 1 saturated heterocycles. The summed E-state index contributed by atoms with van der Waals surface area (Å²) in [6.45, 7) is 12.3. The second-order valence-electron chi connectivity index (χ2n) is 6.31. The summed E-state index contributed by atoms with van der Waals surface area (Å²) in [6, 6.07) is 0. The first-order valence-corrected chi connectivity index (χ1v) is 8.01. The summed E-state index contributed by atoms with van der Waals surface area (Å²) < 4.78 is 0. The van der Waals surface area contributed by atoms with Crippen LogP contribution in [0.25, 0.3) is 0 Å². The van der Waals surface area contributed by atoms with Gasteiger partial charge in [-0.1, -0.05) is 53.4 Å². The summed E-state index contributed by atoms with van der Waals surface area (Å²) in [5, 5.41) is 10.2. The molecule has 0 aromatic heterocycles. The van der Waals surface area contributed by atoms with Crippen LogP contribution in [0.5, 0.6) is 0 Å². The van der Waals surface area contributed by atoms with Crippen LogP contribution in [0.2, 0.25) is 0 Å². The van der Waals surface area contributed by atoms with Crippen molar-refractivity contribution >= 4 is 0 Å². The highest BCUT2D eigenvalue weighted by Crippen LogP contribution is 2.39. The molecule has 18 heavy (non-hydrogen) atoms. The molecule has 0 spiro atoms. The van der Waals surface area contributed by atoms with Crippen LogP contribution in [-0.4, -0.2) is 35.7 Å². The Kier molecular flexibility index (Phi) is 6.65. The van der Waals surface area contributed by atoms with Crippen molar-refractivity contribution in [3.05, 3.63) is 0 Å². The maximum atomic E-state index is 10.2. The minimum Gasteiger partial charge on any atom is -0.392 e. The van der Waals surface area contributed by atoms with Crippen molar-refractivity contribution in [2.75, 3.05) is 19.6 Å². The molecule has 0 amide bonds. The summed E-state index contributed by atoms with van der Waals surface area (Å²) >= 11 is 0. The Morgan fingerprint density at radius 2 is 1.50 bits per heavy atom. The van der Waals surface area contributed by atoms with Crippen molar-refractivity contribution in [3.63, 3.8) is 0 Å². The second-order valence-corrected chi connectivity index (χ2v) is 6.31. The average molecular weight is 255 g/mol. The van der Waals surface area contributed by atoms with Gasteiger partial charge in [-0.05, 0) is 24.2 Å². The SMILES string of the molecule is CCCC1(CCC)CN(CC(O)C(CC)CC)C1. The molecule has 2 heteroatoms. The van der Waals surface area contributed by atoms with Gasteiger partial charge in [0.2, 0.25) is 0 Å². The Labute approximate surface area is 114 Å². The fourth-order valence-corrected chi connectivity index (χ4v) is 3.78. The highest BCUT2D eigenvalue weighted by atomic mass is 16.3. The summed E-state index contributed by atoms with van der Waals surface area (Å²) in [6.07, 6.45) is 7.38. The minimum absolute atomic E-state index is 0.124. The molecule has 1 N–H and O–H groups in total. The summed E-state index contributed by atoms with van der Waals surface area (Å²) in [7, 11) is 0. The fraction of sp³-hybridized carbons (Fsp3) is 1.00. The van der Waals surface area contributed by atoms with Crippen LogP contribution in [0.15, 0.2) is 0 Å². The highest BCUT2D eigenvalue weighted by Gasteiger charge is 2.41. The molecule has 1 aliphatic rings. The Morgan fingerprint density at radius 1 is 1.00 bits per heavy atom. The maximum absolute atomic E-state index is 10.2. The summed E-state index contributed by atoms with van der Waals surface area (Å²) in [4.78, 5) is 2.47. The first kappa shape index (κ1) is 16.0. The van der Waals surface area contributed by atoms with E-state index in [2.05, 4.69) is 32.6 Å². The van der Waals surface area contributed by atoms with Gasteiger partial charge in [-0.2, -0.15) is 0 Å². The molecule has 1 fully saturated rings. The van der Waals surface area contributed by atoms with Gasteiger partial charge in [-0.15, -0.1) is 0 Å². The molecule has 2 nitrogen and oxygen atoms in total. The highest BCUT2D eigenvalue weighted by molar-refractivity contribution is 4.95. The number of β-amino-alcohol motifs (C(OH)–C–C–N with tert-alkyl or cyclic N) is 1. The molecule has 1 atom stereocenters.